The molecule has 0 bridgehead atoms. The molecule has 0 radical (unpaired) electrons. The second-order valence-electron chi connectivity index (χ2n) is 6.81. The van der Waals surface area contributed by atoms with Crippen molar-refractivity contribution in [3.8, 4) is 0 Å². The Morgan fingerprint density at radius 1 is 1.27 bits per heavy atom. The molecule has 138 valence electrons. The van der Waals surface area contributed by atoms with E-state index in [4.69, 9.17) is 11.6 Å². The van der Waals surface area contributed by atoms with Crippen molar-refractivity contribution < 1.29 is 9.59 Å². The lowest BCUT2D eigenvalue weighted by Crippen LogP contribution is -2.41. The molecule has 1 aromatic carbocycles. The van der Waals surface area contributed by atoms with Gasteiger partial charge in [-0.15, -0.1) is 0 Å². The SMILES string of the molecule is Cc1cc(C(=O)N2CCC(CNC(=O)c3cnn(C)c3)CC2)ccc1Cl. The smallest absolute Gasteiger partial charge is 0.254 e. The molecule has 26 heavy (non-hydrogen) atoms. The summed E-state index contributed by atoms with van der Waals surface area (Å²) in [5, 5.41) is 7.64. The Hall–Kier alpha value is -2.34. The highest BCUT2D eigenvalue weighted by molar-refractivity contribution is 6.31. The standard InChI is InChI=1S/C19H23ClN4O2/c1-13-9-15(3-4-17(13)20)19(26)24-7-5-14(6-8-24)10-21-18(25)16-11-22-23(2)12-16/h3-4,9,11-12,14H,5-8,10H2,1-2H3,(H,21,25). The number of hydrogen-bond donors (Lipinski definition) is 1. The summed E-state index contributed by atoms with van der Waals surface area (Å²) in [5.41, 5.74) is 2.15. The maximum atomic E-state index is 12.6. The maximum absolute atomic E-state index is 12.6. The van der Waals surface area contributed by atoms with Gasteiger partial charge >= 0.3 is 0 Å². The first-order valence-corrected chi connectivity index (χ1v) is 9.14. The molecule has 2 aromatic rings. The Bertz CT molecular complexity index is 810. The second-order valence-corrected chi connectivity index (χ2v) is 7.22. The number of rotatable bonds is 4. The molecule has 1 N–H and O–H groups in total. The average Bonchev–Trinajstić information content (AvgIpc) is 3.08. The molecule has 0 aliphatic carbocycles. The van der Waals surface area contributed by atoms with Gasteiger partial charge in [0, 0.05) is 43.5 Å². The predicted octanol–water partition coefficient (Wildman–Crippen LogP) is 2.66. The van der Waals surface area contributed by atoms with Crippen molar-refractivity contribution in [3.05, 3.63) is 52.3 Å². The number of carbonyl (C=O) groups is 2. The molecule has 6 nitrogen and oxygen atoms in total. The van der Waals surface area contributed by atoms with Crippen LogP contribution in [0, 0.1) is 12.8 Å². The maximum Gasteiger partial charge on any atom is 0.254 e. The Labute approximate surface area is 158 Å². The van der Waals surface area contributed by atoms with E-state index < -0.39 is 0 Å². The molecule has 1 fully saturated rings. The number of nitrogens with zero attached hydrogens (tertiary/aromatic N) is 3. The fraction of sp³-hybridized carbons (Fsp3) is 0.421. The topological polar surface area (TPSA) is 67.2 Å². The van der Waals surface area contributed by atoms with Crippen LogP contribution in [0.25, 0.3) is 0 Å². The van der Waals surface area contributed by atoms with Crippen LogP contribution >= 0.6 is 11.6 Å². The van der Waals surface area contributed by atoms with E-state index in [1.54, 1.807) is 36.3 Å². The summed E-state index contributed by atoms with van der Waals surface area (Å²) < 4.78 is 1.61. The van der Waals surface area contributed by atoms with E-state index in [0.29, 0.717) is 41.7 Å². The first-order chi connectivity index (χ1) is 12.4. The summed E-state index contributed by atoms with van der Waals surface area (Å²) in [6.07, 6.45) is 5.02. The summed E-state index contributed by atoms with van der Waals surface area (Å²) in [7, 11) is 1.78. The fourth-order valence-corrected chi connectivity index (χ4v) is 3.30. The molecule has 0 spiro atoms. The molecular weight excluding hydrogens is 352 g/mol. The largest absolute Gasteiger partial charge is 0.352 e. The van der Waals surface area contributed by atoms with Crippen molar-refractivity contribution in [1.82, 2.24) is 20.0 Å². The second kappa shape index (κ2) is 7.91. The lowest BCUT2D eigenvalue weighted by molar-refractivity contribution is 0.0684. The highest BCUT2D eigenvalue weighted by Crippen LogP contribution is 2.21. The van der Waals surface area contributed by atoms with Gasteiger partial charge in [0.2, 0.25) is 0 Å². The summed E-state index contributed by atoms with van der Waals surface area (Å²) in [4.78, 5) is 26.6. The average molecular weight is 375 g/mol. The number of aryl methyl sites for hydroxylation is 2. The minimum Gasteiger partial charge on any atom is -0.352 e. The van der Waals surface area contributed by atoms with Gasteiger partial charge in [-0.1, -0.05) is 11.6 Å². The van der Waals surface area contributed by atoms with E-state index in [9.17, 15) is 9.59 Å². The lowest BCUT2D eigenvalue weighted by Gasteiger charge is -2.32. The Balaban J connectivity index is 1.48. The third-order valence-electron chi connectivity index (χ3n) is 4.82. The molecular formula is C19H23ClN4O2. The van der Waals surface area contributed by atoms with Crippen LogP contribution in [0.1, 0.15) is 39.1 Å². The van der Waals surface area contributed by atoms with Crippen molar-refractivity contribution in [1.29, 1.82) is 0 Å². The zero-order valence-electron chi connectivity index (χ0n) is 15.0. The van der Waals surface area contributed by atoms with Gasteiger partial charge in [0.1, 0.15) is 0 Å². The monoisotopic (exact) mass is 374 g/mol. The van der Waals surface area contributed by atoms with E-state index in [0.717, 1.165) is 18.4 Å². The summed E-state index contributed by atoms with van der Waals surface area (Å²) >= 11 is 6.03. The number of hydrogen-bond acceptors (Lipinski definition) is 3. The third kappa shape index (κ3) is 4.25. The summed E-state index contributed by atoms with van der Waals surface area (Å²) in [6, 6.07) is 5.38. The van der Waals surface area contributed by atoms with Crippen LogP contribution in [0.5, 0.6) is 0 Å². The van der Waals surface area contributed by atoms with Crippen LogP contribution < -0.4 is 5.32 Å². The number of amides is 2. The molecule has 1 aliphatic rings. The quantitative estimate of drug-likeness (QED) is 0.894. The highest BCUT2D eigenvalue weighted by Gasteiger charge is 2.24. The van der Waals surface area contributed by atoms with Gasteiger partial charge in [0.25, 0.3) is 11.8 Å². The van der Waals surface area contributed by atoms with Gasteiger partial charge in [0.05, 0.1) is 11.8 Å². The van der Waals surface area contributed by atoms with Crippen molar-refractivity contribution >= 4 is 23.4 Å². The van der Waals surface area contributed by atoms with Gasteiger partial charge in [0.15, 0.2) is 0 Å². The minimum absolute atomic E-state index is 0.0441. The molecule has 1 saturated heterocycles. The van der Waals surface area contributed by atoms with Crippen LogP contribution in [0.3, 0.4) is 0 Å². The van der Waals surface area contributed by atoms with Gasteiger partial charge < -0.3 is 10.2 Å². The van der Waals surface area contributed by atoms with E-state index in [2.05, 4.69) is 10.4 Å². The van der Waals surface area contributed by atoms with Crippen molar-refractivity contribution in [3.63, 3.8) is 0 Å². The van der Waals surface area contributed by atoms with Crippen molar-refractivity contribution in [2.24, 2.45) is 13.0 Å². The van der Waals surface area contributed by atoms with Gasteiger partial charge in [-0.05, 0) is 49.4 Å². The molecule has 2 amide bonds. The number of halogens is 1. The highest BCUT2D eigenvalue weighted by atomic mass is 35.5. The molecule has 7 heteroatoms. The molecule has 2 heterocycles. The van der Waals surface area contributed by atoms with Crippen molar-refractivity contribution in [2.45, 2.75) is 19.8 Å². The van der Waals surface area contributed by atoms with E-state index in [-0.39, 0.29) is 11.8 Å². The van der Waals surface area contributed by atoms with Crippen LogP contribution in [-0.2, 0) is 7.05 Å². The van der Waals surface area contributed by atoms with E-state index >= 15 is 0 Å². The van der Waals surface area contributed by atoms with E-state index in [1.165, 1.54) is 0 Å². The molecule has 0 saturated carbocycles. The molecule has 1 aromatic heterocycles. The summed E-state index contributed by atoms with van der Waals surface area (Å²) in [5.74, 6) is 0.322. The zero-order chi connectivity index (χ0) is 18.7. The zero-order valence-corrected chi connectivity index (χ0v) is 15.8. The summed E-state index contributed by atoms with van der Waals surface area (Å²) in [6.45, 7) is 3.92. The van der Waals surface area contributed by atoms with Crippen LogP contribution in [0.15, 0.2) is 30.6 Å². The third-order valence-corrected chi connectivity index (χ3v) is 5.25. The minimum atomic E-state index is -0.103. The van der Waals surface area contributed by atoms with E-state index in [1.807, 2.05) is 17.9 Å². The number of benzene rings is 1. The van der Waals surface area contributed by atoms with Crippen molar-refractivity contribution in [2.75, 3.05) is 19.6 Å². The predicted molar refractivity (Wildman–Crippen MR) is 100 cm³/mol. The van der Waals surface area contributed by atoms with Gasteiger partial charge in [-0.3, -0.25) is 14.3 Å². The Morgan fingerprint density at radius 3 is 2.62 bits per heavy atom. The number of piperidine rings is 1. The van der Waals surface area contributed by atoms with Crippen LogP contribution in [-0.4, -0.2) is 46.1 Å². The lowest BCUT2D eigenvalue weighted by atomic mass is 9.96. The number of carbonyl (C=O) groups excluding carboxylic acids is 2. The van der Waals surface area contributed by atoms with Gasteiger partial charge in [-0.25, -0.2) is 0 Å². The molecule has 0 atom stereocenters. The van der Waals surface area contributed by atoms with Crippen LogP contribution in [0.4, 0.5) is 0 Å². The van der Waals surface area contributed by atoms with Gasteiger partial charge in [-0.2, -0.15) is 5.10 Å². The molecule has 0 unspecified atom stereocenters. The normalized spacial score (nSPS) is 15.1. The number of nitrogens with one attached hydrogen (secondary N) is 1. The number of aromatic nitrogens is 2. The molecule has 1 aliphatic heterocycles. The molecule has 3 rings (SSSR count). The first-order valence-electron chi connectivity index (χ1n) is 8.76. The van der Waals surface area contributed by atoms with Crippen LogP contribution in [0.2, 0.25) is 5.02 Å². The number of likely N-dealkylation sites (tertiary alicyclic amines) is 1. The Morgan fingerprint density at radius 2 is 2.00 bits per heavy atom. The first kappa shape index (κ1) is 18.5. The Kier molecular flexibility index (Phi) is 5.61. The fourth-order valence-electron chi connectivity index (χ4n) is 3.18.